The first-order valence-corrected chi connectivity index (χ1v) is 7.33. The van der Waals surface area contributed by atoms with Crippen molar-refractivity contribution in [1.29, 1.82) is 0 Å². The van der Waals surface area contributed by atoms with Gasteiger partial charge in [-0.3, -0.25) is 4.79 Å². The molecule has 2 rings (SSSR count). The van der Waals surface area contributed by atoms with E-state index in [-0.39, 0.29) is 11.9 Å². The number of rotatable bonds is 4. The third kappa shape index (κ3) is 3.67. The zero-order chi connectivity index (χ0) is 14.5. The summed E-state index contributed by atoms with van der Waals surface area (Å²) < 4.78 is 0.709. The predicted octanol–water partition coefficient (Wildman–Crippen LogP) is 3.51. The van der Waals surface area contributed by atoms with Gasteiger partial charge in [0, 0.05) is 16.7 Å². The summed E-state index contributed by atoms with van der Waals surface area (Å²) in [5.74, 6) is -0.154. The average Bonchev–Trinajstić information content (AvgIpc) is 2.41. The minimum atomic E-state index is -0.154. The molecule has 0 bridgehead atoms. The van der Waals surface area contributed by atoms with Crippen molar-refractivity contribution in [2.24, 2.45) is 0 Å². The molecule has 20 heavy (non-hydrogen) atoms. The molecule has 4 heteroatoms. The van der Waals surface area contributed by atoms with E-state index in [0.717, 1.165) is 6.42 Å². The van der Waals surface area contributed by atoms with Crippen molar-refractivity contribution in [1.82, 2.24) is 10.3 Å². The number of aryl methyl sites for hydroxylation is 1. The van der Waals surface area contributed by atoms with Crippen LogP contribution in [0.5, 0.6) is 0 Å². The maximum absolute atomic E-state index is 12.1. The molecular weight excluding hydrogens is 316 g/mol. The van der Waals surface area contributed by atoms with Crippen molar-refractivity contribution in [2.75, 3.05) is 0 Å². The third-order valence-electron chi connectivity index (χ3n) is 3.14. The van der Waals surface area contributed by atoms with Crippen LogP contribution in [0.1, 0.15) is 28.5 Å². The topological polar surface area (TPSA) is 42.0 Å². The minimum absolute atomic E-state index is 0.0532. The zero-order valence-corrected chi connectivity index (χ0v) is 13.1. The SMILES string of the molecule is Cc1ccccc1CC(C)NC(=O)c1ncccc1Br. The third-order valence-corrected chi connectivity index (χ3v) is 3.78. The highest BCUT2D eigenvalue weighted by molar-refractivity contribution is 9.10. The van der Waals surface area contributed by atoms with E-state index in [9.17, 15) is 4.79 Å². The first kappa shape index (κ1) is 14.7. The molecule has 1 aromatic carbocycles. The summed E-state index contributed by atoms with van der Waals surface area (Å²) in [4.78, 5) is 16.2. The standard InChI is InChI=1S/C16H17BrN2O/c1-11-6-3-4-7-13(11)10-12(2)19-16(20)15-14(17)8-5-9-18-15/h3-9,12H,10H2,1-2H3,(H,19,20). The Bertz CT molecular complexity index is 613. The van der Waals surface area contributed by atoms with Gasteiger partial charge in [0.05, 0.1) is 0 Å². The van der Waals surface area contributed by atoms with Crippen LogP contribution in [0.15, 0.2) is 47.1 Å². The lowest BCUT2D eigenvalue weighted by Crippen LogP contribution is -2.34. The van der Waals surface area contributed by atoms with E-state index < -0.39 is 0 Å². The summed E-state index contributed by atoms with van der Waals surface area (Å²) >= 11 is 3.34. The number of hydrogen-bond donors (Lipinski definition) is 1. The molecule has 0 saturated heterocycles. The Hall–Kier alpha value is -1.68. The molecule has 0 spiro atoms. The van der Waals surface area contributed by atoms with Crippen molar-refractivity contribution in [3.05, 3.63) is 63.9 Å². The molecule has 1 unspecified atom stereocenters. The van der Waals surface area contributed by atoms with E-state index in [1.165, 1.54) is 11.1 Å². The first-order valence-electron chi connectivity index (χ1n) is 6.54. The lowest BCUT2D eigenvalue weighted by molar-refractivity contribution is 0.0934. The van der Waals surface area contributed by atoms with Gasteiger partial charge in [-0.15, -0.1) is 0 Å². The normalized spacial score (nSPS) is 11.9. The van der Waals surface area contributed by atoms with Crippen LogP contribution >= 0.6 is 15.9 Å². The van der Waals surface area contributed by atoms with Gasteiger partial charge in [0.2, 0.25) is 0 Å². The highest BCUT2D eigenvalue weighted by atomic mass is 79.9. The number of nitrogens with one attached hydrogen (secondary N) is 1. The van der Waals surface area contributed by atoms with Crippen molar-refractivity contribution >= 4 is 21.8 Å². The smallest absolute Gasteiger partial charge is 0.271 e. The fourth-order valence-electron chi connectivity index (χ4n) is 2.06. The number of hydrogen-bond acceptors (Lipinski definition) is 2. The molecule has 1 amide bonds. The van der Waals surface area contributed by atoms with Gasteiger partial charge >= 0.3 is 0 Å². The Kier molecular flexibility index (Phi) is 4.90. The highest BCUT2D eigenvalue weighted by Crippen LogP contribution is 2.14. The summed E-state index contributed by atoms with van der Waals surface area (Å²) in [6, 6.07) is 11.9. The molecule has 1 aromatic heterocycles. The fraction of sp³-hybridized carbons (Fsp3) is 0.250. The number of carbonyl (C=O) groups is 1. The number of amides is 1. The Morgan fingerprint density at radius 3 is 2.75 bits per heavy atom. The van der Waals surface area contributed by atoms with Gasteiger partial charge in [-0.2, -0.15) is 0 Å². The monoisotopic (exact) mass is 332 g/mol. The van der Waals surface area contributed by atoms with E-state index >= 15 is 0 Å². The van der Waals surface area contributed by atoms with Crippen molar-refractivity contribution in [3.63, 3.8) is 0 Å². The van der Waals surface area contributed by atoms with Crippen molar-refractivity contribution in [2.45, 2.75) is 26.3 Å². The van der Waals surface area contributed by atoms with E-state index in [0.29, 0.717) is 10.2 Å². The number of carbonyl (C=O) groups excluding carboxylic acids is 1. The van der Waals surface area contributed by atoms with E-state index in [4.69, 9.17) is 0 Å². The number of aromatic nitrogens is 1. The van der Waals surface area contributed by atoms with Gasteiger partial charge in [0.1, 0.15) is 5.69 Å². The van der Waals surface area contributed by atoms with E-state index in [1.807, 2.05) is 25.1 Å². The van der Waals surface area contributed by atoms with Crippen molar-refractivity contribution < 1.29 is 4.79 Å². The van der Waals surface area contributed by atoms with Gasteiger partial charge in [-0.25, -0.2) is 4.98 Å². The van der Waals surface area contributed by atoms with Crippen LogP contribution in [0.25, 0.3) is 0 Å². The van der Waals surface area contributed by atoms with Crippen LogP contribution in [0.4, 0.5) is 0 Å². The largest absolute Gasteiger partial charge is 0.348 e. The summed E-state index contributed by atoms with van der Waals surface area (Å²) in [5.41, 5.74) is 2.91. The fourth-order valence-corrected chi connectivity index (χ4v) is 2.50. The molecule has 0 saturated carbocycles. The highest BCUT2D eigenvalue weighted by Gasteiger charge is 2.14. The molecule has 1 heterocycles. The molecule has 0 aliphatic heterocycles. The van der Waals surface area contributed by atoms with Gasteiger partial charge in [-0.05, 0) is 59.5 Å². The average molecular weight is 333 g/mol. The Morgan fingerprint density at radius 2 is 2.05 bits per heavy atom. The predicted molar refractivity (Wildman–Crippen MR) is 83.7 cm³/mol. The zero-order valence-electron chi connectivity index (χ0n) is 11.6. The van der Waals surface area contributed by atoms with Gasteiger partial charge in [0.15, 0.2) is 0 Å². The second-order valence-corrected chi connectivity index (χ2v) is 5.69. The second kappa shape index (κ2) is 6.66. The molecule has 1 N–H and O–H groups in total. The first-order chi connectivity index (χ1) is 9.58. The Morgan fingerprint density at radius 1 is 1.30 bits per heavy atom. The quantitative estimate of drug-likeness (QED) is 0.930. The molecule has 2 aromatic rings. The second-order valence-electron chi connectivity index (χ2n) is 4.84. The van der Waals surface area contributed by atoms with Crippen LogP contribution in [0, 0.1) is 6.92 Å². The van der Waals surface area contributed by atoms with E-state index in [1.54, 1.807) is 12.3 Å². The molecule has 0 fully saturated rings. The molecule has 1 atom stereocenters. The Labute approximate surface area is 127 Å². The lowest BCUT2D eigenvalue weighted by Gasteiger charge is -2.15. The van der Waals surface area contributed by atoms with Crippen LogP contribution < -0.4 is 5.32 Å². The summed E-state index contributed by atoms with van der Waals surface area (Å²) in [6.07, 6.45) is 2.43. The summed E-state index contributed by atoms with van der Waals surface area (Å²) in [7, 11) is 0. The van der Waals surface area contributed by atoms with Crippen LogP contribution in [0.2, 0.25) is 0 Å². The van der Waals surface area contributed by atoms with E-state index in [2.05, 4.69) is 45.3 Å². The maximum atomic E-state index is 12.1. The van der Waals surface area contributed by atoms with Crippen LogP contribution in [-0.2, 0) is 6.42 Å². The van der Waals surface area contributed by atoms with Crippen LogP contribution in [-0.4, -0.2) is 16.9 Å². The summed E-state index contributed by atoms with van der Waals surface area (Å²) in [6.45, 7) is 4.08. The maximum Gasteiger partial charge on any atom is 0.271 e. The van der Waals surface area contributed by atoms with Crippen molar-refractivity contribution in [3.8, 4) is 0 Å². The molecular formula is C16H17BrN2O. The van der Waals surface area contributed by atoms with Gasteiger partial charge < -0.3 is 5.32 Å². The lowest BCUT2D eigenvalue weighted by atomic mass is 10.0. The molecule has 0 aliphatic rings. The Balaban J connectivity index is 2.02. The number of benzene rings is 1. The van der Waals surface area contributed by atoms with Crippen LogP contribution in [0.3, 0.4) is 0 Å². The van der Waals surface area contributed by atoms with Gasteiger partial charge in [0.25, 0.3) is 5.91 Å². The molecule has 0 radical (unpaired) electrons. The number of nitrogens with zero attached hydrogens (tertiary/aromatic N) is 1. The minimum Gasteiger partial charge on any atom is -0.348 e. The molecule has 3 nitrogen and oxygen atoms in total. The molecule has 0 aliphatic carbocycles. The number of pyridine rings is 1. The molecule has 104 valence electrons. The van der Waals surface area contributed by atoms with Gasteiger partial charge in [-0.1, -0.05) is 24.3 Å². The number of halogens is 1. The summed E-state index contributed by atoms with van der Waals surface area (Å²) in [5, 5.41) is 2.98.